The van der Waals surface area contributed by atoms with Crippen LogP contribution >= 0.6 is 0 Å². The molecule has 7 heteroatoms. The van der Waals surface area contributed by atoms with Crippen LogP contribution in [-0.4, -0.2) is 90.3 Å². The maximum atomic E-state index is 5.53. The first kappa shape index (κ1) is 23.1. The minimum atomic E-state index is 0.518. The van der Waals surface area contributed by atoms with Gasteiger partial charge in [-0.05, 0) is 12.3 Å². The number of hydrogen-bond donors (Lipinski definition) is 2. The second-order valence-electron chi connectivity index (χ2n) is 6.63. The molecule has 1 rings (SSSR count). The predicted molar refractivity (Wildman–Crippen MR) is 107 cm³/mol. The first-order valence-electron chi connectivity index (χ1n) is 10.1. The number of nitrogens with one attached hydrogen (secondary N) is 2. The Morgan fingerprint density at radius 3 is 2.46 bits per heavy atom. The van der Waals surface area contributed by atoms with Gasteiger partial charge < -0.3 is 24.8 Å². The van der Waals surface area contributed by atoms with Gasteiger partial charge in [-0.15, -0.1) is 0 Å². The fourth-order valence-corrected chi connectivity index (χ4v) is 3.38. The molecule has 0 aromatic carbocycles. The fraction of sp³-hybridized carbons (Fsp3) is 0.947. The SMILES string of the molecule is CCC(CC)C(CNC(=NC)NCCCOCCOC)N1CCOCC1. The Balaban J connectivity index is 2.36. The molecule has 154 valence electrons. The highest BCUT2D eigenvalue weighted by Crippen LogP contribution is 2.19. The van der Waals surface area contributed by atoms with Gasteiger partial charge in [-0.1, -0.05) is 26.7 Å². The molecular weight excluding hydrogens is 332 g/mol. The second-order valence-corrected chi connectivity index (χ2v) is 6.63. The number of ether oxygens (including phenoxy) is 3. The van der Waals surface area contributed by atoms with Crippen LogP contribution in [0.1, 0.15) is 33.1 Å². The smallest absolute Gasteiger partial charge is 0.191 e. The van der Waals surface area contributed by atoms with E-state index in [4.69, 9.17) is 14.2 Å². The highest BCUT2D eigenvalue weighted by Gasteiger charge is 2.26. The Bertz CT molecular complexity index is 359. The molecule has 1 heterocycles. The first-order valence-corrected chi connectivity index (χ1v) is 10.1. The summed E-state index contributed by atoms with van der Waals surface area (Å²) in [5, 5.41) is 6.90. The maximum absolute atomic E-state index is 5.53. The third kappa shape index (κ3) is 9.16. The van der Waals surface area contributed by atoms with E-state index >= 15 is 0 Å². The summed E-state index contributed by atoms with van der Waals surface area (Å²) in [6, 6.07) is 0.518. The summed E-state index contributed by atoms with van der Waals surface area (Å²) in [6.07, 6.45) is 3.35. The highest BCUT2D eigenvalue weighted by atomic mass is 16.5. The van der Waals surface area contributed by atoms with E-state index in [9.17, 15) is 0 Å². The molecule has 0 aromatic heterocycles. The minimum Gasteiger partial charge on any atom is -0.382 e. The standard InChI is InChI=1S/C19H40N4O3/c1-5-17(6-2)18(23-9-12-26-13-10-23)16-22-19(20-3)21-8-7-11-25-15-14-24-4/h17-18H,5-16H2,1-4H3,(H2,20,21,22). The van der Waals surface area contributed by atoms with E-state index < -0.39 is 0 Å². The normalized spacial score (nSPS) is 17.5. The van der Waals surface area contributed by atoms with Crippen molar-refractivity contribution in [3.8, 4) is 0 Å². The minimum absolute atomic E-state index is 0.518. The Morgan fingerprint density at radius 1 is 1.12 bits per heavy atom. The molecule has 0 saturated carbocycles. The lowest BCUT2D eigenvalue weighted by molar-refractivity contribution is 0.00272. The van der Waals surface area contributed by atoms with Crippen molar-refractivity contribution in [2.45, 2.75) is 39.2 Å². The zero-order valence-electron chi connectivity index (χ0n) is 17.3. The summed E-state index contributed by atoms with van der Waals surface area (Å²) in [5.41, 5.74) is 0. The third-order valence-corrected chi connectivity index (χ3v) is 5.00. The number of rotatable bonds is 13. The van der Waals surface area contributed by atoms with Crippen molar-refractivity contribution >= 4 is 5.96 Å². The maximum Gasteiger partial charge on any atom is 0.191 e. The van der Waals surface area contributed by atoms with Gasteiger partial charge >= 0.3 is 0 Å². The van der Waals surface area contributed by atoms with Gasteiger partial charge in [0.25, 0.3) is 0 Å². The summed E-state index contributed by atoms with van der Waals surface area (Å²) in [5.74, 6) is 1.55. The van der Waals surface area contributed by atoms with E-state index in [0.29, 0.717) is 25.2 Å². The van der Waals surface area contributed by atoms with Crippen LogP contribution < -0.4 is 10.6 Å². The quantitative estimate of drug-likeness (QED) is 0.289. The predicted octanol–water partition coefficient (Wildman–Crippen LogP) is 1.34. The molecule has 7 nitrogen and oxygen atoms in total. The molecule has 0 radical (unpaired) electrons. The van der Waals surface area contributed by atoms with Gasteiger partial charge in [0.15, 0.2) is 5.96 Å². The largest absolute Gasteiger partial charge is 0.382 e. The van der Waals surface area contributed by atoms with E-state index in [1.54, 1.807) is 7.11 Å². The summed E-state index contributed by atoms with van der Waals surface area (Å²) in [7, 11) is 3.51. The van der Waals surface area contributed by atoms with Gasteiger partial charge in [0.1, 0.15) is 0 Å². The Morgan fingerprint density at radius 2 is 1.85 bits per heavy atom. The molecule has 1 saturated heterocycles. The third-order valence-electron chi connectivity index (χ3n) is 5.00. The van der Waals surface area contributed by atoms with E-state index in [0.717, 1.165) is 58.4 Å². The van der Waals surface area contributed by atoms with E-state index in [-0.39, 0.29) is 0 Å². The van der Waals surface area contributed by atoms with Crippen molar-refractivity contribution in [2.75, 3.05) is 73.4 Å². The van der Waals surface area contributed by atoms with Crippen molar-refractivity contribution in [1.82, 2.24) is 15.5 Å². The molecule has 0 amide bonds. The van der Waals surface area contributed by atoms with Crippen molar-refractivity contribution in [3.63, 3.8) is 0 Å². The highest BCUT2D eigenvalue weighted by molar-refractivity contribution is 5.79. The fourth-order valence-electron chi connectivity index (χ4n) is 3.38. The van der Waals surface area contributed by atoms with Crippen LogP contribution in [0.2, 0.25) is 0 Å². The summed E-state index contributed by atoms with van der Waals surface area (Å²) >= 11 is 0. The van der Waals surface area contributed by atoms with Gasteiger partial charge in [-0.25, -0.2) is 0 Å². The van der Waals surface area contributed by atoms with Crippen LogP contribution in [-0.2, 0) is 14.2 Å². The van der Waals surface area contributed by atoms with Crippen molar-refractivity contribution < 1.29 is 14.2 Å². The van der Waals surface area contributed by atoms with Crippen molar-refractivity contribution in [1.29, 1.82) is 0 Å². The summed E-state index contributed by atoms with van der Waals surface area (Å²) in [4.78, 5) is 6.93. The number of methoxy groups -OCH3 is 1. The lowest BCUT2D eigenvalue weighted by Gasteiger charge is -2.39. The van der Waals surface area contributed by atoms with Gasteiger partial charge in [0, 0.05) is 53.0 Å². The van der Waals surface area contributed by atoms with Crippen LogP contribution in [0, 0.1) is 5.92 Å². The molecule has 1 unspecified atom stereocenters. The Kier molecular flexibility index (Phi) is 13.5. The zero-order valence-corrected chi connectivity index (χ0v) is 17.3. The molecule has 1 aliphatic heterocycles. The van der Waals surface area contributed by atoms with Crippen LogP contribution in [0.4, 0.5) is 0 Å². The Hall–Kier alpha value is -0.890. The number of morpholine rings is 1. The number of guanidine groups is 1. The molecule has 0 bridgehead atoms. The number of nitrogens with zero attached hydrogens (tertiary/aromatic N) is 2. The molecule has 1 fully saturated rings. The zero-order chi connectivity index (χ0) is 19.0. The number of hydrogen-bond acceptors (Lipinski definition) is 5. The topological polar surface area (TPSA) is 67.4 Å². The van der Waals surface area contributed by atoms with Gasteiger partial charge in [0.2, 0.25) is 0 Å². The molecular formula is C19H40N4O3. The summed E-state index contributed by atoms with van der Waals surface area (Å²) < 4.78 is 16.0. The molecule has 2 N–H and O–H groups in total. The Labute approximate surface area is 159 Å². The van der Waals surface area contributed by atoms with Gasteiger partial charge in [-0.2, -0.15) is 0 Å². The first-order chi connectivity index (χ1) is 12.8. The van der Waals surface area contributed by atoms with Gasteiger partial charge in [0.05, 0.1) is 26.4 Å². The molecule has 0 aliphatic carbocycles. The van der Waals surface area contributed by atoms with Crippen molar-refractivity contribution in [3.05, 3.63) is 0 Å². The van der Waals surface area contributed by atoms with E-state index in [1.807, 2.05) is 7.05 Å². The lowest BCUT2D eigenvalue weighted by Crippen LogP contribution is -2.53. The lowest BCUT2D eigenvalue weighted by atomic mass is 9.92. The van der Waals surface area contributed by atoms with Crippen LogP contribution in [0.25, 0.3) is 0 Å². The average molecular weight is 373 g/mol. The molecule has 1 aliphatic rings. The monoisotopic (exact) mass is 372 g/mol. The average Bonchev–Trinajstić information content (AvgIpc) is 2.69. The van der Waals surface area contributed by atoms with Gasteiger partial charge in [-0.3, -0.25) is 9.89 Å². The van der Waals surface area contributed by atoms with E-state index in [1.165, 1.54) is 12.8 Å². The number of aliphatic imine (C=N–C) groups is 1. The molecule has 26 heavy (non-hydrogen) atoms. The summed E-state index contributed by atoms with van der Waals surface area (Å²) in [6.45, 7) is 12.1. The second kappa shape index (κ2) is 15.2. The molecule has 1 atom stereocenters. The van der Waals surface area contributed by atoms with Crippen LogP contribution in [0.5, 0.6) is 0 Å². The van der Waals surface area contributed by atoms with E-state index in [2.05, 4.69) is 34.4 Å². The van der Waals surface area contributed by atoms with Crippen LogP contribution in [0.15, 0.2) is 4.99 Å². The molecule has 0 aromatic rings. The van der Waals surface area contributed by atoms with Crippen molar-refractivity contribution in [2.24, 2.45) is 10.9 Å². The van der Waals surface area contributed by atoms with Crippen LogP contribution in [0.3, 0.4) is 0 Å². The molecule has 0 spiro atoms.